The first-order valence-electron chi connectivity index (χ1n) is 8.57. The van der Waals surface area contributed by atoms with E-state index in [0.717, 1.165) is 12.0 Å². The molecule has 1 amide bonds. The van der Waals surface area contributed by atoms with Gasteiger partial charge < -0.3 is 5.32 Å². The summed E-state index contributed by atoms with van der Waals surface area (Å²) in [4.78, 5) is 12.7. The molecule has 2 aromatic rings. The molecule has 0 radical (unpaired) electrons. The summed E-state index contributed by atoms with van der Waals surface area (Å²) in [6.07, 6.45) is 1.33. The zero-order valence-corrected chi connectivity index (χ0v) is 16.1. The number of nitrogens with one attached hydrogen (secondary N) is 1. The summed E-state index contributed by atoms with van der Waals surface area (Å²) in [5, 5.41) is 3.65. The molecule has 0 aliphatic carbocycles. The molecule has 1 fully saturated rings. The maximum absolute atomic E-state index is 12.7. The summed E-state index contributed by atoms with van der Waals surface area (Å²) >= 11 is 5.92. The topological polar surface area (TPSA) is 66.5 Å². The van der Waals surface area contributed by atoms with Gasteiger partial charge in [0.15, 0.2) is 0 Å². The summed E-state index contributed by atoms with van der Waals surface area (Å²) in [7, 11) is -3.27. The van der Waals surface area contributed by atoms with Crippen molar-refractivity contribution >= 4 is 33.2 Å². The molecule has 0 aromatic heterocycles. The molecule has 7 heteroatoms. The molecular weight excluding hydrogens is 372 g/mol. The number of benzene rings is 2. The van der Waals surface area contributed by atoms with Crippen molar-refractivity contribution in [3.8, 4) is 0 Å². The molecule has 1 saturated heterocycles. The van der Waals surface area contributed by atoms with E-state index in [1.807, 2.05) is 19.1 Å². The van der Waals surface area contributed by atoms with Crippen LogP contribution in [0.5, 0.6) is 0 Å². The van der Waals surface area contributed by atoms with Crippen molar-refractivity contribution in [2.45, 2.75) is 25.8 Å². The van der Waals surface area contributed by atoms with E-state index in [1.54, 1.807) is 36.4 Å². The fraction of sp³-hybridized carbons (Fsp3) is 0.316. The Morgan fingerprint density at radius 3 is 2.58 bits per heavy atom. The van der Waals surface area contributed by atoms with Gasteiger partial charge in [-0.2, -0.15) is 0 Å². The first-order valence-corrected chi connectivity index (χ1v) is 10.6. The number of hydrogen-bond acceptors (Lipinski definition) is 3. The molecule has 0 bridgehead atoms. The van der Waals surface area contributed by atoms with Crippen molar-refractivity contribution in [1.29, 1.82) is 0 Å². The average Bonchev–Trinajstić information content (AvgIpc) is 2.99. The van der Waals surface area contributed by atoms with Gasteiger partial charge in [0.1, 0.15) is 0 Å². The predicted molar refractivity (Wildman–Crippen MR) is 104 cm³/mol. The Balaban J connectivity index is 1.79. The van der Waals surface area contributed by atoms with E-state index in [1.165, 1.54) is 4.31 Å². The number of rotatable bonds is 5. The highest BCUT2D eigenvalue weighted by atomic mass is 35.5. The summed E-state index contributed by atoms with van der Waals surface area (Å²) in [5.41, 5.74) is 1.95. The standard InChI is InChI=1S/C19H21ClN2O3S/c1-2-18(14-7-9-16(20)10-8-14)21-19(23)15-5-3-6-17(13-15)22-11-4-12-26(22,24)25/h3,5-10,13,18H,2,4,11-12H2,1H3,(H,21,23). The lowest BCUT2D eigenvalue weighted by Gasteiger charge is -2.20. The fourth-order valence-corrected chi connectivity index (χ4v) is 4.77. The molecule has 1 heterocycles. The molecule has 3 rings (SSSR count). The van der Waals surface area contributed by atoms with Crippen LogP contribution in [0.4, 0.5) is 5.69 Å². The van der Waals surface area contributed by atoms with Crippen molar-refractivity contribution in [3.05, 3.63) is 64.7 Å². The number of carbonyl (C=O) groups is 1. The molecule has 0 saturated carbocycles. The van der Waals surface area contributed by atoms with Gasteiger partial charge in [-0.3, -0.25) is 9.10 Å². The van der Waals surface area contributed by atoms with Gasteiger partial charge in [0.2, 0.25) is 10.0 Å². The molecule has 1 N–H and O–H groups in total. The Labute approximate surface area is 159 Å². The van der Waals surface area contributed by atoms with Gasteiger partial charge in [-0.05, 0) is 48.7 Å². The maximum atomic E-state index is 12.7. The van der Waals surface area contributed by atoms with E-state index >= 15 is 0 Å². The van der Waals surface area contributed by atoms with E-state index in [9.17, 15) is 13.2 Å². The predicted octanol–water partition coefficient (Wildman–Crippen LogP) is 3.76. The normalized spacial score (nSPS) is 17.1. The zero-order valence-electron chi connectivity index (χ0n) is 14.5. The minimum Gasteiger partial charge on any atom is -0.345 e. The fourth-order valence-electron chi connectivity index (χ4n) is 3.09. The van der Waals surface area contributed by atoms with Gasteiger partial charge in [0.05, 0.1) is 17.5 Å². The first kappa shape index (κ1) is 18.7. The third-order valence-electron chi connectivity index (χ3n) is 4.48. The smallest absolute Gasteiger partial charge is 0.251 e. The lowest BCUT2D eigenvalue weighted by atomic mass is 10.0. The lowest BCUT2D eigenvalue weighted by molar-refractivity contribution is 0.0935. The van der Waals surface area contributed by atoms with Crippen molar-refractivity contribution < 1.29 is 13.2 Å². The summed E-state index contributed by atoms with van der Waals surface area (Å²) in [6.45, 7) is 2.45. The second-order valence-electron chi connectivity index (χ2n) is 6.28. The van der Waals surface area contributed by atoms with Crippen molar-refractivity contribution in [2.24, 2.45) is 0 Å². The van der Waals surface area contributed by atoms with Gasteiger partial charge in [-0.15, -0.1) is 0 Å². The number of anilines is 1. The summed E-state index contributed by atoms with van der Waals surface area (Å²) in [6, 6.07) is 14.0. The van der Waals surface area contributed by atoms with Crippen LogP contribution in [-0.4, -0.2) is 26.6 Å². The number of hydrogen-bond donors (Lipinski definition) is 1. The summed E-state index contributed by atoms with van der Waals surface area (Å²) in [5.74, 6) is -0.0806. The highest BCUT2D eigenvalue weighted by Crippen LogP contribution is 2.25. The second kappa shape index (κ2) is 7.68. The van der Waals surface area contributed by atoms with Gasteiger partial charge in [-0.25, -0.2) is 8.42 Å². The number of halogens is 1. The Hall–Kier alpha value is -2.05. The molecule has 1 aliphatic rings. The van der Waals surface area contributed by atoms with E-state index in [4.69, 9.17) is 11.6 Å². The van der Waals surface area contributed by atoms with Crippen molar-refractivity contribution in [1.82, 2.24) is 5.32 Å². The lowest BCUT2D eigenvalue weighted by Crippen LogP contribution is -2.29. The zero-order chi connectivity index (χ0) is 18.7. The third-order valence-corrected chi connectivity index (χ3v) is 6.60. The highest BCUT2D eigenvalue weighted by Gasteiger charge is 2.28. The van der Waals surface area contributed by atoms with Crippen LogP contribution >= 0.6 is 11.6 Å². The number of sulfonamides is 1. The molecule has 1 atom stereocenters. The van der Waals surface area contributed by atoms with Crippen LogP contribution in [0.15, 0.2) is 48.5 Å². The quantitative estimate of drug-likeness (QED) is 0.842. The Bertz CT molecular complexity index is 897. The van der Waals surface area contributed by atoms with Crippen LogP contribution in [0.1, 0.15) is 41.7 Å². The molecule has 1 unspecified atom stereocenters. The van der Waals surface area contributed by atoms with Crippen LogP contribution in [0, 0.1) is 0 Å². The van der Waals surface area contributed by atoms with Crippen LogP contribution in [-0.2, 0) is 10.0 Å². The molecule has 2 aromatic carbocycles. The van der Waals surface area contributed by atoms with Gasteiger partial charge in [0.25, 0.3) is 5.91 Å². The minimum absolute atomic E-state index is 0.140. The van der Waals surface area contributed by atoms with Crippen LogP contribution in [0.3, 0.4) is 0 Å². The highest BCUT2D eigenvalue weighted by molar-refractivity contribution is 7.93. The number of carbonyl (C=O) groups excluding carboxylic acids is 1. The molecule has 0 spiro atoms. The minimum atomic E-state index is -3.27. The van der Waals surface area contributed by atoms with Crippen LogP contribution < -0.4 is 9.62 Å². The van der Waals surface area contributed by atoms with Crippen molar-refractivity contribution in [2.75, 3.05) is 16.6 Å². The Morgan fingerprint density at radius 2 is 1.96 bits per heavy atom. The molecule has 5 nitrogen and oxygen atoms in total. The van der Waals surface area contributed by atoms with Crippen molar-refractivity contribution in [3.63, 3.8) is 0 Å². The van der Waals surface area contributed by atoms with Gasteiger partial charge >= 0.3 is 0 Å². The molecule has 138 valence electrons. The largest absolute Gasteiger partial charge is 0.345 e. The first-order chi connectivity index (χ1) is 12.4. The maximum Gasteiger partial charge on any atom is 0.251 e. The van der Waals surface area contributed by atoms with E-state index in [-0.39, 0.29) is 17.7 Å². The molecule has 1 aliphatic heterocycles. The van der Waals surface area contributed by atoms with E-state index in [0.29, 0.717) is 29.2 Å². The number of amides is 1. The van der Waals surface area contributed by atoms with E-state index < -0.39 is 10.0 Å². The van der Waals surface area contributed by atoms with E-state index in [2.05, 4.69) is 5.32 Å². The monoisotopic (exact) mass is 392 g/mol. The Kier molecular flexibility index (Phi) is 5.53. The average molecular weight is 393 g/mol. The summed E-state index contributed by atoms with van der Waals surface area (Å²) < 4.78 is 25.6. The molecular formula is C19H21ClN2O3S. The second-order valence-corrected chi connectivity index (χ2v) is 8.73. The van der Waals surface area contributed by atoms with Gasteiger partial charge in [0, 0.05) is 17.1 Å². The van der Waals surface area contributed by atoms with Crippen LogP contribution in [0.25, 0.3) is 0 Å². The number of nitrogens with zero attached hydrogens (tertiary/aromatic N) is 1. The van der Waals surface area contributed by atoms with Gasteiger partial charge in [-0.1, -0.05) is 36.7 Å². The SMILES string of the molecule is CCC(NC(=O)c1cccc(N2CCCS2(=O)=O)c1)c1ccc(Cl)cc1. The van der Waals surface area contributed by atoms with Crippen LogP contribution in [0.2, 0.25) is 5.02 Å². The molecule has 26 heavy (non-hydrogen) atoms. The third kappa shape index (κ3) is 4.02. The Morgan fingerprint density at radius 1 is 1.23 bits per heavy atom.